The first-order valence-corrected chi connectivity index (χ1v) is 5.25. The lowest BCUT2D eigenvalue weighted by Gasteiger charge is -2.19. The summed E-state index contributed by atoms with van der Waals surface area (Å²) in [5.41, 5.74) is 0.280. The lowest BCUT2D eigenvalue weighted by atomic mass is 10.1. The molecule has 0 amide bonds. The largest absolute Gasteiger partial charge is 0.396 e. The van der Waals surface area contributed by atoms with Crippen LogP contribution in [0.25, 0.3) is 0 Å². The normalized spacial score (nSPS) is 53.5. The van der Waals surface area contributed by atoms with Crippen molar-refractivity contribution in [3.8, 4) is 0 Å². The fraction of sp³-hybridized carbons (Fsp3) is 1.00. The van der Waals surface area contributed by atoms with Gasteiger partial charge in [-0.15, -0.1) is 0 Å². The molecule has 0 aromatic heterocycles. The van der Waals surface area contributed by atoms with Crippen molar-refractivity contribution in [1.82, 2.24) is 4.90 Å². The molecular formula is C10H17NO2. The van der Waals surface area contributed by atoms with E-state index in [1.165, 1.54) is 19.4 Å². The second-order valence-corrected chi connectivity index (χ2v) is 5.10. The molecular weight excluding hydrogens is 166 g/mol. The first-order chi connectivity index (χ1) is 6.29. The molecule has 1 heterocycles. The minimum atomic E-state index is 0.280. The standard InChI is InChI=1S/C10H17NO2/c12-4-7-1-9(7)11-3-8-2-10(8,5-11)6-13/h7-9,12-13H,1-6H2. The molecule has 3 fully saturated rings. The molecule has 1 saturated heterocycles. The summed E-state index contributed by atoms with van der Waals surface area (Å²) in [4.78, 5) is 2.48. The third-order valence-electron chi connectivity index (χ3n) is 4.24. The van der Waals surface area contributed by atoms with E-state index in [1.807, 2.05) is 0 Å². The molecule has 0 aromatic rings. The van der Waals surface area contributed by atoms with Crippen molar-refractivity contribution in [2.45, 2.75) is 18.9 Å². The molecule has 0 radical (unpaired) electrons. The van der Waals surface area contributed by atoms with Crippen molar-refractivity contribution in [3.63, 3.8) is 0 Å². The van der Waals surface area contributed by atoms with Crippen LogP contribution < -0.4 is 0 Å². The highest BCUT2D eigenvalue weighted by Crippen LogP contribution is 2.59. The van der Waals surface area contributed by atoms with Crippen LogP contribution >= 0.6 is 0 Å². The van der Waals surface area contributed by atoms with Crippen molar-refractivity contribution >= 4 is 0 Å². The smallest absolute Gasteiger partial charge is 0.0502 e. The Morgan fingerprint density at radius 3 is 2.77 bits per heavy atom. The summed E-state index contributed by atoms with van der Waals surface area (Å²) in [6.07, 6.45) is 2.40. The Bertz CT molecular complexity index is 229. The van der Waals surface area contributed by atoms with Gasteiger partial charge >= 0.3 is 0 Å². The highest BCUT2D eigenvalue weighted by atomic mass is 16.3. The van der Waals surface area contributed by atoms with E-state index in [-0.39, 0.29) is 5.41 Å². The van der Waals surface area contributed by atoms with E-state index in [2.05, 4.69) is 4.90 Å². The number of piperidine rings is 1. The van der Waals surface area contributed by atoms with Gasteiger partial charge in [-0.3, -0.25) is 4.90 Å². The molecule has 3 rings (SSSR count). The highest BCUT2D eigenvalue weighted by Gasteiger charge is 2.62. The van der Waals surface area contributed by atoms with Crippen LogP contribution in [0.3, 0.4) is 0 Å². The van der Waals surface area contributed by atoms with Crippen LogP contribution in [0, 0.1) is 17.3 Å². The topological polar surface area (TPSA) is 43.7 Å². The Hall–Kier alpha value is -0.120. The van der Waals surface area contributed by atoms with Gasteiger partial charge in [-0.25, -0.2) is 0 Å². The zero-order valence-corrected chi connectivity index (χ0v) is 7.82. The lowest BCUT2D eigenvalue weighted by Crippen LogP contribution is -2.29. The van der Waals surface area contributed by atoms with Crippen LogP contribution in [0.4, 0.5) is 0 Å². The molecule has 1 aliphatic heterocycles. The fourth-order valence-corrected chi connectivity index (χ4v) is 3.01. The van der Waals surface area contributed by atoms with Gasteiger partial charge < -0.3 is 10.2 Å². The molecule has 0 spiro atoms. The monoisotopic (exact) mass is 183 g/mol. The predicted octanol–water partition coefficient (Wildman–Crippen LogP) is -0.319. The number of aliphatic hydroxyl groups is 2. The first-order valence-electron chi connectivity index (χ1n) is 5.25. The van der Waals surface area contributed by atoms with E-state index in [4.69, 9.17) is 5.11 Å². The highest BCUT2D eigenvalue weighted by molar-refractivity contribution is 5.13. The maximum absolute atomic E-state index is 9.23. The minimum Gasteiger partial charge on any atom is -0.396 e. The zero-order chi connectivity index (χ0) is 9.05. The molecule has 74 valence electrons. The molecule has 4 unspecified atom stereocenters. The van der Waals surface area contributed by atoms with Gasteiger partial charge in [0, 0.05) is 31.2 Å². The van der Waals surface area contributed by atoms with Crippen molar-refractivity contribution in [1.29, 1.82) is 0 Å². The molecule has 3 heteroatoms. The number of hydrogen-bond donors (Lipinski definition) is 2. The second kappa shape index (κ2) is 2.47. The Balaban J connectivity index is 1.60. The number of aliphatic hydroxyl groups excluding tert-OH is 2. The van der Waals surface area contributed by atoms with Crippen LogP contribution in [0.15, 0.2) is 0 Å². The van der Waals surface area contributed by atoms with Crippen LogP contribution in [0.5, 0.6) is 0 Å². The quantitative estimate of drug-likeness (QED) is 0.630. The SMILES string of the molecule is OCC1CC1N1CC2CC2(CO)C1. The molecule has 3 nitrogen and oxygen atoms in total. The van der Waals surface area contributed by atoms with Crippen molar-refractivity contribution in [2.24, 2.45) is 17.3 Å². The molecule has 2 saturated carbocycles. The predicted molar refractivity (Wildman–Crippen MR) is 48.2 cm³/mol. The minimum absolute atomic E-state index is 0.280. The Morgan fingerprint density at radius 2 is 2.23 bits per heavy atom. The second-order valence-electron chi connectivity index (χ2n) is 5.10. The third kappa shape index (κ3) is 1.07. The Labute approximate surface area is 78.4 Å². The van der Waals surface area contributed by atoms with Crippen molar-refractivity contribution in [2.75, 3.05) is 26.3 Å². The average Bonchev–Trinajstić information content (AvgIpc) is 3.04. The van der Waals surface area contributed by atoms with E-state index in [0.717, 1.165) is 12.5 Å². The molecule has 4 atom stereocenters. The van der Waals surface area contributed by atoms with Crippen molar-refractivity contribution in [3.05, 3.63) is 0 Å². The third-order valence-corrected chi connectivity index (χ3v) is 4.24. The van der Waals surface area contributed by atoms with Crippen LogP contribution in [-0.2, 0) is 0 Å². The van der Waals surface area contributed by atoms with Gasteiger partial charge in [0.1, 0.15) is 0 Å². The van der Waals surface area contributed by atoms with Gasteiger partial charge in [0.15, 0.2) is 0 Å². The van der Waals surface area contributed by atoms with E-state index in [0.29, 0.717) is 25.2 Å². The molecule has 2 N–H and O–H groups in total. The summed E-state index contributed by atoms with van der Waals surface area (Å²) in [6, 6.07) is 0.640. The average molecular weight is 183 g/mol. The summed E-state index contributed by atoms with van der Waals surface area (Å²) >= 11 is 0. The van der Waals surface area contributed by atoms with Gasteiger partial charge in [-0.2, -0.15) is 0 Å². The summed E-state index contributed by atoms with van der Waals surface area (Å²) < 4.78 is 0. The maximum Gasteiger partial charge on any atom is 0.0502 e. The summed E-state index contributed by atoms with van der Waals surface area (Å²) in [6.45, 7) is 2.96. The number of hydrogen-bond acceptors (Lipinski definition) is 3. The number of fused-ring (bicyclic) bond motifs is 1. The molecule has 2 aliphatic carbocycles. The van der Waals surface area contributed by atoms with Crippen molar-refractivity contribution < 1.29 is 10.2 Å². The van der Waals surface area contributed by atoms with Gasteiger partial charge in [0.25, 0.3) is 0 Å². The van der Waals surface area contributed by atoms with E-state index in [1.54, 1.807) is 0 Å². The Morgan fingerprint density at radius 1 is 1.38 bits per heavy atom. The first kappa shape index (κ1) is 8.21. The van der Waals surface area contributed by atoms with E-state index >= 15 is 0 Å². The van der Waals surface area contributed by atoms with E-state index in [9.17, 15) is 5.11 Å². The van der Waals surface area contributed by atoms with Gasteiger partial charge in [0.05, 0.1) is 6.61 Å². The van der Waals surface area contributed by atoms with E-state index < -0.39 is 0 Å². The van der Waals surface area contributed by atoms with Crippen LogP contribution in [0.2, 0.25) is 0 Å². The number of likely N-dealkylation sites (tertiary alicyclic amines) is 1. The fourth-order valence-electron chi connectivity index (χ4n) is 3.01. The number of rotatable bonds is 3. The molecule has 13 heavy (non-hydrogen) atoms. The number of nitrogens with zero attached hydrogens (tertiary/aromatic N) is 1. The van der Waals surface area contributed by atoms with Gasteiger partial charge in [0.2, 0.25) is 0 Å². The van der Waals surface area contributed by atoms with Gasteiger partial charge in [-0.1, -0.05) is 0 Å². The summed E-state index contributed by atoms with van der Waals surface area (Å²) in [5, 5.41) is 18.2. The molecule has 3 aliphatic rings. The maximum atomic E-state index is 9.23. The van der Waals surface area contributed by atoms with Gasteiger partial charge in [-0.05, 0) is 24.7 Å². The zero-order valence-electron chi connectivity index (χ0n) is 7.82. The van der Waals surface area contributed by atoms with Crippen LogP contribution in [-0.4, -0.2) is 47.5 Å². The lowest BCUT2D eigenvalue weighted by molar-refractivity contribution is 0.175. The van der Waals surface area contributed by atoms with Crippen LogP contribution in [0.1, 0.15) is 12.8 Å². The molecule has 0 bridgehead atoms. The Kier molecular flexibility index (Phi) is 1.56. The molecule has 0 aromatic carbocycles. The summed E-state index contributed by atoms with van der Waals surface area (Å²) in [7, 11) is 0. The summed E-state index contributed by atoms with van der Waals surface area (Å²) in [5.74, 6) is 1.30.